The van der Waals surface area contributed by atoms with Crippen LogP contribution in [-0.2, 0) is 22.6 Å². The number of ether oxygens (including phenoxy) is 1. The van der Waals surface area contributed by atoms with Crippen molar-refractivity contribution >= 4 is 62.9 Å². The number of phenolic OH excluding ortho intramolecular Hbond substituents is 1. The Morgan fingerprint density at radius 1 is 0.970 bits per heavy atom. The number of benzene rings is 3. The van der Waals surface area contributed by atoms with E-state index in [1.807, 2.05) is 108 Å². The minimum Gasteiger partial charge on any atom is -0.506 e. The molecule has 3 aromatic carbocycles. The first-order valence-corrected chi connectivity index (χ1v) is 12.4. The molecule has 0 radical (unpaired) electrons. The molecular weight excluding hydrogens is 646 g/mol. The summed E-state index contributed by atoms with van der Waals surface area (Å²) in [5, 5.41) is 15.7. The van der Waals surface area contributed by atoms with Crippen LogP contribution in [0.4, 0.5) is 10.5 Å². The van der Waals surface area contributed by atoms with Crippen LogP contribution in [0.25, 0.3) is 0 Å². The van der Waals surface area contributed by atoms with E-state index in [1.54, 1.807) is 12.1 Å². The second-order valence-electron chi connectivity index (χ2n) is 7.68. The molecule has 8 heteroatoms. The van der Waals surface area contributed by atoms with Crippen LogP contribution in [0.2, 0.25) is 0 Å². The Morgan fingerprint density at radius 2 is 1.64 bits per heavy atom. The van der Waals surface area contributed by atoms with Crippen molar-refractivity contribution in [3.05, 3.63) is 90.1 Å². The molecule has 3 rings (SSSR count). The molecule has 172 valence electrons. The molecule has 2 amide bonds. The van der Waals surface area contributed by atoms with Crippen molar-refractivity contribution in [1.82, 2.24) is 5.32 Å². The maximum atomic E-state index is 13.2. The van der Waals surface area contributed by atoms with Crippen LogP contribution < -0.4 is 10.6 Å². The van der Waals surface area contributed by atoms with Crippen LogP contribution >= 0.6 is 45.2 Å². The molecule has 3 N–H and O–H groups in total. The predicted octanol–water partition coefficient (Wildman–Crippen LogP) is 5.69. The Kier molecular flexibility index (Phi) is 8.95. The van der Waals surface area contributed by atoms with Gasteiger partial charge < -0.3 is 20.5 Å². The van der Waals surface area contributed by atoms with Gasteiger partial charge in [0.2, 0.25) is 5.91 Å². The second-order valence-corrected chi connectivity index (χ2v) is 10.0. The minimum atomic E-state index is -0.870. The van der Waals surface area contributed by atoms with E-state index in [-0.39, 0.29) is 24.7 Å². The zero-order valence-corrected chi connectivity index (χ0v) is 22.5. The number of alkyl carbamates (subject to hydrolysis) is 1. The number of aryl methyl sites for hydroxylation is 2. The molecule has 1 atom stereocenters. The third-order valence-electron chi connectivity index (χ3n) is 4.98. The van der Waals surface area contributed by atoms with Gasteiger partial charge >= 0.3 is 6.09 Å². The molecule has 0 saturated heterocycles. The Labute approximate surface area is 220 Å². The maximum Gasteiger partial charge on any atom is 0.408 e. The lowest BCUT2D eigenvalue weighted by Crippen LogP contribution is -2.45. The minimum absolute atomic E-state index is 0.104. The summed E-state index contributed by atoms with van der Waals surface area (Å²) in [6.07, 6.45) is -0.438. The lowest BCUT2D eigenvalue weighted by molar-refractivity contribution is -0.118. The number of anilines is 1. The highest BCUT2D eigenvalue weighted by Gasteiger charge is 2.23. The third-order valence-corrected chi connectivity index (χ3v) is 6.62. The Bertz CT molecular complexity index is 1130. The van der Waals surface area contributed by atoms with Gasteiger partial charge in [-0.15, -0.1) is 0 Å². The van der Waals surface area contributed by atoms with Crippen molar-refractivity contribution in [3.8, 4) is 5.75 Å². The summed E-state index contributed by atoms with van der Waals surface area (Å²) in [5.74, 6) is -0.150. The highest BCUT2D eigenvalue weighted by Crippen LogP contribution is 2.28. The van der Waals surface area contributed by atoms with Gasteiger partial charge in [-0.05, 0) is 93.9 Å². The second kappa shape index (κ2) is 11.7. The number of amides is 2. The number of carbonyl (C=O) groups is 2. The van der Waals surface area contributed by atoms with Gasteiger partial charge in [0, 0.05) is 12.1 Å². The molecule has 0 aromatic heterocycles. The highest BCUT2D eigenvalue weighted by atomic mass is 127. The van der Waals surface area contributed by atoms with Crippen molar-refractivity contribution in [2.24, 2.45) is 0 Å². The van der Waals surface area contributed by atoms with Crippen molar-refractivity contribution in [2.45, 2.75) is 32.9 Å². The maximum absolute atomic E-state index is 13.2. The zero-order valence-electron chi connectivity index (χ0n) is 18.2. The normalized spacial score (nSPS) is 11.5. The van der Waals surface area contributed by atoms with E-state index in [2.05, 4.69) is 10.6 Å². The largest absolute Gasteiger partial charge is 0.506 e. The molecule has 0 unspecified atom stereocenters. The van der Waals surface area contributed by atoms with E-state index in [0.29, 0.717) is 12.8 Å². The first-order chi connectivity index (χ1) is 15.7. The Balaban J connectivity index is 1.77. The lowest BCUT2D eigenvalue weighted by Gasteiger charge is -2.20. The van der Waals surface area contributed by atoms with Crippen LogP contribution in [0.1, 0.15) is 22.3 Å². The fourth-order valence-electron chi connectivity index (χ4n) is 3.26. The van der Waals surface area contributed by atoms with E-state index in [9.17, 15) is 14.7 Å². The molecule has 0 aliphatic rings. The summed E-state index contributed by atoms with van der Waals surface area (Å²) in [5.41, 5.74) is 4.38. The van der Waals surface area contributed by atoms with E-state index in [1.165, 1.54) is 0 Å². The summed E-state index contributed by atoms with van der Waals surface area (Å²) in [6.45, 7) is 4.01. The van der Waals surface area contributed by atoms with E-state index in [0.717, 1.165) is 22.3 Å². The molecule has 0 aliphatic heterocycles. The highest BCUT2D eigenvalue weighted by molar-refractivity contribution is 14.1. The molecule has 6 nitrogen and oxygen atoms in total. The fourth-order valence-corrected chi connectivity index (χ4v) is 5.16. The topological polar surface area (TPSA) is 87.7 Å². The summed E-state index contributed by atoms with van der Waals surface area (Å²) in [6, 6.07) is 17.8. The molecule has 0 spiro atoms. The smallest absolute Gasteiger partial charge is 0.408 e. The number of nitrogens with one attached hydrogen (secondary N) is 2. The van der Waals surface area contributed by atoms with Gasteiger partial charge in [-0.1, -0.05) is 48.0 Å². The van der Waals surface area contributed by atoms with Crippen molar-refractivity contribution in [2.75, 3.05) is 5.32 Å². The van der Waals surface area contributed by atoms with Crippen molar-refractivity contribution in [3.63, 3.8) is 0 Å². The Morgan fingerprint density at radius 3 is 2.27 bits per heavy atom. The lowest BCUT2D eigenvalue weighted by atomic mass is 10.0. The summed E-state index contributed by atoms with van der Waals surface area (Å²) >= 11 is 4.09. The molecule has 0 saturated carbocycles. The SMILES string of the molecule is Cc1ccc(NC(=O)[C@@H](Cc2cc(I)c(O)c(I)c2)NC(=O)OCc2ccccc2)c(C)c1. The third kappa shape index (κ3) is 7.32. The van der Waals surface area contributed by atoms with Crippen LogP contribution in [0.5, 0.6) is 5.75 Å². The summed E-state index contributed by atoms with van der Waals surface area (Å²) in [4.78, 5) is 25.7. The number of hydrogen-bond acceptors (Lipinski definition) is 4. The van der Waals surface area contributed by atoms with Gasteiger partial charge in [0.05, 0.1) is 7.14 Å². The standard InChI is InChI=1S/C25H24I2N2O4/c1-15-8-9-21(16(2)10-15)28-24(31)22(13-18-11-19(26)23(30)20(27)12-18)29-25(32)33-14-17-6-4-3-5-7-17/h3-12,22,30H,13-14H2,1-2H3,(H,28,31)(H,29,32)/t22-/m1/s1. The number of hydrogen-bond donors (Lipinski definition) is 3. The molecule has 3 aromatic rings. The quantitative estimate of drug-likeness (QED) is 0.282. The fraction of sp³-hybridized carbons (Fsp3) is 0.200. The molecule has 33 heavy (non-hydrogen) atoms. The van der Waals surface area contributed by atoms with Crippen LogP contribution in [0.3, 0.4) is 0 Å². The molecule has 0 fully saturated rings. The van der Waals surface area contributed by atoms with Crippen LogP contribution in [-0.4, -0.2) is 23.1 Å². The van der Waals surface area contributed by atoms with Gasteiger partial charge in [0.1, 0.15) is 18.4 Å². The number of aromatic hydroxyl groups is 1. The first kappa shape index (κ1) is 25.3. The number of rotatable bonds is 7. The van der Waals surface area contributed by atoms with Crippen molar-refractivity contribution in [1.29, 1.82) is 0 Å². The molecule has 0 bridgehead atoms. The van der Waals surface area contributed by atoms with Crippen molar-refractivity contribution < 1.29 is 19.4 Å². The van der Waals surface area contributed by atoms with E-state index >= 15 is 0 Å². The van der Waals surface area contributed by atoms with E-state index in [4.69, 9.17) is 4.74 Å². The summed E-state index contributed by atoms with van der Waals surface area (Å²) in [7, 11) is 0. The summed E-state index contributed by atoms with van der Waals surface area (Å²) < 4.78 is 6.68. The number of phenols is 1. The van der Waals surface area contributed by atoms with Crippen LogP contribution in [0.15, 0.2) is 60.7 Å². The molecular formula is C25H24I2N2O4. The zero-order chi connectivity index (χ0) is 24.0. The van der Waals surface area contributed by atoms with Gasteiger partial charge in [0.25, 0.3) is 0 Å². The average Bonchev–Trinajstić information content (AvgIpc) is 2.78. The van der Waals surface area contributed by atoms with Gasteiger partial charge in [0.15, 0.2) is 0 Å². The van der Waals surface area contributed by atoms with Gasteiger partial charge in [-0.3, -0.25) is 4.79 Å². The molecule has 0 heterocycles. The number of carbonyl (C=O) groups excluding carboxylic acids is 2. The number of halogens is 2. The van der Waals surface area contributed by atoms with Crippen LogP contribution in [0, 0.1) is 21.0 Å². The van der Waals surface area contributed by atoms with E-state index < -0.39 is 12.1 Å². The average molecular weight is 670 g/mol. The van der Waals surface area contributed by atoms with Gasteiger partial charge in [-0.25, -0.2) is 4.79 Å². The molecule has 0 aliphatic carbocycles. The first-order valence-electron chi connectivity index (χ1n) is 10.2. The monoisotopic (exact) mass is 670 g/mol. The predicted molar refractivity (Wildman–Crippen MR) is 145 cm³/mol. The van der Waals surface area contributed by atoms with Gasteiger partial charge in [-0.2, -0.15) is 0 Å². The Hall–Kier alpha value is -2.34.